The Morgan fingerprint density at radius 3 is 2.69 bits per heavy atom. The fourth-order valence-electron chi connectivity index (χ4n) is 3.57. The number of carbonyl (C=O) groups is 2. The number of nitrogens with one attached hydrogen (secondary N) is 1. The van der Waals surface area contributed by atoms with Gasteiger partial charge in [-0.3, -0.25) is 19.4 Å². The van der Waals surface area contributed by atoms with Crippen LogP contribution in [0.5, 0.6) is 0 Å². The van der Waals surface area contributed by atoms with Crippen LogP contribution in [0.25, 0.3) is 0 Å². The molecule has 150 valence electrons. The van der Waals surface area contributed by atoms with Crippen molar-refractivity contribution < 1.29 is 14.0 Å². The summed E-state index contributed by atoms with van der Waals surface area (Å²) < 4.78 is 5.50. The summed E-state index contributed by atoms with van der Waals surface area (Å²) in [5.41, 5.74) is 0.391. The summed E-state index contributed by atoms with van der Waals surface area (Å²) in [6.45, 7) is 4.85. The first kappa shape index (κ1) is 19.4. The number of fused-ring (bicyclic) bond motifs is 1. The van der Waals surface area contributed by atoms with E-state index in [0.717, 1.165) is 11.4 Å². The summed E-state index contributed by atoms with van der Waals surface area (Å²) in [6, 6.07) is 15.2. The molecule has 0 radical (unpaired) electrons. The zero-order valence-corrected chi connectivity index (χ0v) is 17.2. The van der Waals surface area contributed by atoms with Crippen molar-refractivity contribution in [1.82, 2.24) is 4.90 Å². The van der Waals surface area contributed by atoms with Gasteiger partial charge in [-0.15, -0.1) is 11.3 Å². The molecular formula is C22H23N3O3S. The maximum Gasteiger partial charge on any atom is 0.250 e. The molecule has 3 heterocycles. The molecule has 0 fully saturated rings. The van der Waals surface area contributed by atoms with Crippen LogP contribution in [0.15, 0.2) is 64.6 Å². The van der Waals surface area contributed by atoms with Crippen LogP contribution < -0.4 is 10.2 Å². The van der Waals surface area contributed by atoms with Crippen molar-refractivity contribution in [2.24, 2.45) is 0 Å². The number of furan rings is 1. The van der Waals surface area contributed by atoms with Gasteiger partial charge >= 0.3 is 0 Å². The summed E-state index contributed by atoms with van der Waals surface area (Å²) in [5.74, 6) is 0.478. The third kappa shape index (κ3) is 3.97. The predicted molar refractivity (Wildman–Crippen MR) is 114 cm³/mol. The number of nitrogens with zero attached hydrogens (tertiary/aromatic N) is 2. The highest BCUT2D eigenvalue weighted by molar-refractivity contribution is 7.09. The van der Waals surface area contributed by atoms with Crippen LogP contribution in [-0.4, -0.2) is 28.8 Å². The highest BCUT2D eigenvalue weighted by atomic mass is 32.1. The van der Waals surface area contributed by atoms with Gasteiger partial charge in [0.15, 0.2) is 0 Å². The van der Waals surface area contributed by atoms with Gasteiger partial charge in [0.2, 0.25) is 11.8 Å². The Hall–Kier alpha value is -2.90. The number of hydrogen-bond acceptors (Lipinski definition) is 5. The van der Waals surface area contributed by atoms with Gasteiger partial charge in [0.05, 0.1) is 30.7 Å². The van der Waals surface area contributed by atoms with E-state index in [-0.39, 0.29) is 18.4 Å². The molecular weight excluding hydrogens is 386 g/mol. The summed E-state index contributed by atoms with van der Waals surface area (Å²) in [5, 5.41) is 4.93. The topological polar surface area (TPSA) is 65.8 Å². The van der Waals surface area contributed by atoms with E-state index in [1.54, 1.807) is 36.3 Å². The SMILES string of the molecule is CC1(C)C(=O)Nc2ccccc2N1C(=O)CN(Cc1ccco1)Cc1cccs1. The lowest BCUT2D eigenvalue weighted by molar-refractivity contribution is -0.127. The van der Waals surface area contributed by atoms with Crippen molar-refractivity contribution >= 4 is 34.5 Å². The van der Waals surface area contributed by atoms with Crippen molar-refractivity contribution in [2.75, 3.05) is 16.8 Å². The molecule has 1 N–H and O–H groups in total. The second kappa shape index (κ2) is 7.85. The maximum atomic E-state index is 13.5. The van der Waals surface area contributed by atoms with Crippen molar-refractivity contribution in [2.45, 2.75) is 32.5 Å². The Morgan fingerprint density at radius 2 is 1.97 bits per heavy atom. The van der Waals surface area contributed by atoms with Gasteiger partial charge in [-0.2, -0.15) is 0 Å². The van der Waals surface area contributed by atoms with E-state index in [9.17, 15) is 9.59 Å². The van der Waals surface area contributed by atoms with Crippen molar-refractivity contribution in [1.29, 1.82) is 0 Å². The smallest absolute Gasteiger partial charge is 0.250 e. The second-order valence-electron chi connectivity index (χ2n) is 7.56. The molecule has 4 rings (SSSR count). The quantitative estimate of drug-likeness (QED) is 0.665. The van der Waals surface area contributed by atoms with E-state index in [2.05, 4.69) is 11.4 Å². The van der Waals surface area contributed by atoms with E-state index in [0.29, 0.717) is 18.8 Å². The minimum Gasteiger partial charge on any atom is -0.468 e. The Bertz CT molecular complexity index is 960. The third-order valence-electron chi connectivity index (χ3n) is 5.04. The van der Waals surface area contributed by atoms with Gasteiger partial charge in [0.25, 0.3) is 0 Å². The number of rotatable bonds is 6. The second-order valence-corrected chi connectivity index (χ2v) is 8.60. The highest BCUT2D eigenvalue weighted by Gasteiger charge is 2.43. The van der Waals surface area contributed by atoms with Crippen molar-refractivity contribution in [3.8, 4) is 0 Å². The molecule has 0 unspecified atom stereocenters. The third-order valence-corrected chi connectivity index (χ3v) is 5.90. The fraction of sp³-hybridized carbons (Fsp3) is 0.273. The van der Waals surface area contributed by atoms with Crippen LogP contribution in [0.4, 0.5) is 11.4 Å². The van der Waals surface area contributed by atoms with Gasteiger partial charge in [-0.1, -0.05) is 18.2 Å². The van der Waals surface area contributed by atoms with Crippen LogP contribution in [0.1, 0.15) is 24.5 Å². The van der Waals surface area contributed by atoms with Crippen LogP contribution in [0.2, 0.25) is 0 Å². The Balaban J connectivity index is 1.61. The molecule has 0 spiro atoms. The zero-order chi connectivity index (χ0) is 20.4. The van der Waals surface area contributed by atoms with Crippen LogP contribution >= 0.6 is 11.3 Å². The highest BCUT2D eigenvalue weighted by Crippen LogP contribution is 2.36. The monoisotopic (exact) mass is 409 g/mol. The molecule has 0 saturated heterocycles. The molecule has 6 nitrogen and oxygen atoms in total. The van der Waals surface area contributed by atoms with Crippen molar-refractivity contribution in [3.05, 3.63) is 70.8 Å². The van der Waals surface area contributed by atoms with E-state index in [4.69, 9.17) is 4.42 Å². The minimum absolute atomic E-state index is 0.125. The number of hydrogen-bond donors (Lipinski definition) is 1. The summed E-state index contributed by atoms with van der Waals surface area (Å²) in [6.07, 6.45) is 1.63. The summed E-state index contributed by atoms with van der Waals surface area (Å²) in [4.78, 5) is 30.9. The first-order valence-corrected chi connectivity index (χ1v) is 10.3. The molecule has 0 bridgehead atoms. The first-order chi connectivity index (χ1) is 13.9. The van der Waals surface area contributed by atoms with Crippen LogP contribution in [0.3, 0.4) is 0 Å². The first-order valence-electron chi connectivity index (χ1n) is 9.46. The molecule has 2 amide bonds. The molecule has 0 saturated carbocycles. The molecule has 29 heavy (non-hydrogen) atoms. The molecule has 3 aromatic rings. The number of anilines is 2. The van der Waals surface area contributed by atoms with Crippen LogP contribution in [0, 0.1) is 0 Å². The number of amides is 2. The zero-order valence-electron chi connectivity index (χ0n) is 16.4. The molecule has 7 heteroatoms. The number of carbonyl (C=O) groups excluding carboxylic acids is 2. The summed E-state index contributed by atoms with van der Waals surface area (Å²) >= 11 is 1.65. The predicted octanol–water partition coefficient (Wildman–Crippen LogP) is 4.11. The molecule has 1 aromatic carbocycles. The number of benzene rings is 1. The van der Waals surface area contributed by atoms with Gasteiger partial charge in [-0.25, -0.2) is 0 Å². The average Bonchev–Trinajstić information content (AvgIpc) is 3.36. The van der Waals surface area contributed by atoms with Gasteiger partial charge in [0.1, 0.15) is 11.3 Å². The molecule has 0 aliphatic carbocycles. The number of thiophene rings is 1. The Labute approximate surface area is 173 Å². The molecule has 0 atom stereocenters. The van der Waals surface area contributed by atoms with Crippen LogP contribution in [-0.2, 0) is 22.7 Å². The largest absolute Gasteiger partial charge is 0.468 e. The van der Waals surface area contributed by atoms with Gasteiger partial charge in [-0.05, 0) is 49.6 Å². The fourth-order valence-corrected chi connectivity index (χ4v) is 4.32. The average molecular weight is 410 g/mol. The Morgan fingerprint density at radius 1 is 1.14 bits per heavy atom. The number of para-hydroxylation sites is 2. The molecule has 2 aromatic heterocycles. The van der Waals surface area contributed by atoms with E-state index >= 15 is 0 Å². The Kier molecular flexibility index (Phi) is 5.25. The van der Waals surface area contributed by atoms with E-state index in [1.807, 2.05) is 52.7 Å². The lowest BCUT2D eigenvalue weighted by Crippen LogP contribution is -2.60. The van der Waals surface area contributed by atoms with Gasteiger partial charge in [0, 0.05) is 11.4 Å². The lowest BCUT2D eigenvalue weighted by atomic mass is 9.96. The molecule has 1 aliphatic rings. The molecule has 1 aliphatic heterocycles. The standard InChI is InChI=1S/C22H23N3O3S/c1-22(2)21(27)23-18-9-3-4-10-19(18)25(22)20(26)15-24(13-16-7-5-11-28-16)14-17-8-6-12-29-17/h3-12H,13-15H2,1-2H3,(H,23,27). The lowest BCUT2D eigenvalue weighted by Gasteiger charge is -2.42. The maximum absolute atomic E-state index is 13.5. The van der Waals surface area contributed by atoms with Crippen molar-refractivity contribution in [3.63, 3.8) is 0 Å². The van der Waals surface area contributed by atoms with Gasteiger partial charge < -0.3 is 9.73 Å². The van der Waals surface area contributed by atoms with E-state index < -0.39 is 5.54 Å². The normalized spacial score (nSPS) is 15.3. The minimum atomic E-state index is -0.981. The summed E-state index contributed by atoms with van der Waals surface area (Å²) in [7, 11) is 0. The van der Waals surface area contributed by atoms with E-state index in [1.165, 1.54) is 4.88 Å².